The standard InChI is InChI=1S/C13H18FN3O/c1-3-10-9-17(7-6-16(10)2)13(18)11-4-5-15-8-12(11)14/h4-5,8,10H,3,6-7,9H2,1-2H3. The number of hydrogen-bond donors (Lipinski definition) is 0. The highest BCUT2D eigenvalue weighted by Gasteiger charge is 2.27. The summed E-state index contributed by atoms with van der Waals surface area (Å²) in [5.41, 5.74) is 0.115. The Morgan fingerprint density at radius 1 is 1.56 bits per heavy atom. The van der Waals surface area contributed by atoms with Crippen molar-refractivity contribution >= 4 is 5.91 Å². The van der Waals surface area contributed by atoms with Crippen LogP contribution in [0, 0.1) is 5.82 Å². The lowest BCUT2D eigenvalue weighted by Crippen LogP contribution is -2.53. The van der Waals surface area contributed by atoms with E-state index in [-0.39, 0.29) is 11.5 Å². The van der Waals surface area contributed by atoms with Crippen LogP contribution in [0.2, 0.25) is 0 Å². The zero-order valence-corrected chi connectivity index (χ0v) is 10.8. The maximum Gasteiger partial charge on any atom is 0.257 e. The number of hydrogen-bond acceptors (Lipinski definition) is 3. The molecule has 1 aromatic rings. The van der Waals surface area contributed by atoms with Gasteiger partial charge in [-0.05, 0) is 19.5 Å². The Bertz CT molecular complexity index is 438. The van der Waals surface area contributed by atoms with Crippen LogP contribution in [0.25, 0.3) is 0 Å². The molecule has 0 radical (unpaired) electrons. The Morgan fingerprint density at radius 2 is 2.33 bits per heavy atom. The molecule has 0 saturated carbocycles. The molecule has 0 N–H and O–H groups in total. The van der Waals surface area contributed by atoms with Gasteiger partial charge in [0.25, 0.3) is 5.91 Å². The number of likely N-dealkylation sites (N-methyl/N-ethyl adjacent to an activating group) is 1. The van der Waals surface area contributed by atoms with Gasteiger partial charge in [-0.1, -0.05) is 6.92 Å². The maximum absolute atomic E-state index is 13.5. The van der Waals surface area contributed by atoms with E-state index in [0.29, 0.717) is 19.1 Å². The Morgan fingerprint density at radius 3 is 3.00 bits per heavy atom. The third-order valence-electron chi connectivity index (χ3n) is 3.54. The van der Waals surface area contributed by atoms with Crippen molar-refractivity contribution in [2.45, 2.75) is 19.4 Å². The van der Waals surface area contributed by atoms with Crippen molar-refractivity contribution in [3.8, 4) is 0 Å². The van der Waals surface area contributed by atoms with Gasteiger partial charge in [-0.3, -0.25) is 14.7 Å². The van der Waals surface area contributed by atoms with Crippen LogP contribution in [0.5, 0.6) is 0 Å². The van der Waals surface area contributed by atoms with Crippen LogP contribution >= 0.6 is 0 Å². The van der Waals surface area contributed by atoms with E-state index in [0.717, 1.165) is 19.2 Å². The molecule has 1 atom stereocenters. The molecule has 1 unspecified atom stereocenters. The monoisotopic (exact) mass is 251 g/mol. The second kappa shape index (κ2) is 5.44. The number of nitrogens with zero attached hydrogens (tertiary/aromatic N) is 3. The van der Waals surface area contributed by atoms with Crippen LogP contribution in [0.4, 0.5) is 4.39 Å². The minimum Gasteiger partial charge on any atom is -0.336 e. The summed E-state index contributed by atoms with van der Waals surface area (Å²) in [6.45, 7) is 4.24. The van der Waals surface area contributed by atoms with Crippen molar-refractivity contribution in [1.29, 1.82) is 0 Å². The molecule has 1 saturated heterocycles. The van der Waals surface area contributed by atoms with Crippen molar-refractivity contribution in [2.75, 3.05) is 26.7 Å². The van der Waals surface area contributed by atoms with Crippen molar-refractivity contribution in [1.82, 2.24) is 14.8 Å². The Kier molecular flexibility index (Phi) is 3.91. The van der Waals surface area contributed by atoms with Gasteiger partial charge in [0.05, 0.1) is 11.8 Å². The molecule has 1 amide bonds. The Balaban J connectivity index is 2.13. The van der Waals surface area contributed by atoms with E-state index < -0.39 is 5.82 Å². The predicted molar refractivity (Wildman–Crippen MR) is 66.8 cm³/mol. The van der Waals surface area contributed by atoms with Gasteiger partial charge in [0.1, 0.15) is 0 Å². The fraction of sp³-hybridized carbons (Fsp3) is 0.538. The van der Waals surface area contributed by atoms with Crippen LogP contribution in [-0.2, 0) is 0 Å². The lowest BCUT2D eigenvalue weighted by Gasteiger charge is -2.39. The minimum absolute atomic E-state index is 0.115. The first-order valence-corrected chi connectivity index (χ1v) is 6.22. The van der Waals surface area contributed by atoms with Crippen LogP contribution in [0.3, 0.4) is 0 Å². The second-order valence-electron chi connectivity index (χ2n) is 4.65. The van der Waals surface area contributed by atoms with Crippen LogP contribution in [-0.4, -0.2) is 53.4 Å². The minimum atomic E-state index is -0.547. The molecular formula is C13H18FN3O. The molecule has 0 aromatic carbocycles. The highest BCUT2D eigenvalue weighted by molar-refractivity contribution is 5.94. The second-order valence-corrected chi connectivity index (χ2v) is 4.65. The molecular weight excluding hydrogens is 233 g/mol. The van der Waals surface area contributed by atoms with E-state index >= 15 is 0 Å². The van der Waals surface area contributed by atoms with Gasteiger partial charge in [0.15, 0.2) is 5.82 Å². The van der Waals surface area contributed by atoms with Gasteiger partial charge in [0, 0.05) is 31.9 Å². The molecule has 1 aliphatic heterocycles. The zero-order chi connectivity index (χ0) is 13.1. The topological polar surface area (TPSA) is 36.4 Å². The largest absolute Gasteiger partial charge is 0.336 e. The molecule has 2 heterocycles. The van der Waals surface area contributed by atoms with Crippen molar-refractivity contribution in [3.63, 3.8) is 0 Å². The molecule has 0 bridgehead atoms. The van der Waals surface area contributed by atoms with Crippen LogP contribution in [0.1, 0.15) is 23.7 Å². The average molecular weight is 251 g/mol. The number of pyridine rings is 1. The molecule has 2 rings (SSSR count). The Hall–Kier alpha value is -1.49. The molecule has 0 aliphatic carbocycles. The van der Waals surface area contributed by atoms with Crippen molar-refractivity contribution in [3.05, 3.63) is 29.8 Å². The van der Waals surface area contributed by atoms with E-state index in [2.05, 4.69) is 23.9 Å². The molecule has 5 heteroatoms. The van der Waals surface area contributed by atoms with Gasteiger partial charge >= 0.3 is 0 Å². The lowest BCUT2D eigenvalue weighted by atomic mass is 10.1. The number of carbonyl (C=O) groups excluding carboxylic acids is 1. The van der Waals surface area contributed by atoms with Gasteiger partial charge in [0.2, 0.25) is 0 Å². The fourth-order valence-corrected chi connectivity index (χ4v) is 2.29. The summed E-state index contributed by atoms with van der Waals surface area (Å²) in [6, 6.07) is 1.80. The average Bonchev–Trinajstić information content (AvgIpc) is 2.39. The van der Waals surface area contributed by atoms with E-state index in [1.165, 1.54) is 12.3 Å². The summed E-state index contributed by atoms with van der Waals surface area (Å²) in [5.74, 6) is -0.782. The highest BCUT2D eigenvalue weighted by atomic mass is 19.1. The molecule has 18 heavy (non-hydrogen) atoms. The number of carbonyl (C=O) groups is 1. The van der Waals surface area contributed by atoms with Crippen LogP contribution in [0.15, 0.2) is 18.5 Å². The summed E-state index contributed by atoms with van der Waals surface area (Å²) < 4.78 is 13.5. The van der Waals surface area contributed by atoms with E-state index in [1.54, 1.807) is 4.90 Å². The van der Waals surface area contributed by atoms with Gasteiger partial charge in [-0.25, -0.2) is 4.39 Å². The quantitative estimate of drug-likeness (QED) is 0.797. The van der Waals surface area contributed by atoms with Gasteiger partial charge in [-0.2, -0.15) is 0 Å². The molecule has 1 fully saturated rings. The number of rotatable bonds is 2. The SMILES string of the molecule is CCC1CN(C(=O)c2ccncc2F)CCN1C. The van der Waals surface area contributed by atoms with Crippen LogP contribution < -0.4 is 0 Å². The smallest absolute Gasteiger partial charge is 0.257 e. The zero-order valence-electron chi connectivity index (χ0n) is 10.8. The first-order valence-electron chi connectivity index (χ1n) is 6.22. The maximum atomic E-state index is 13.5. The molecule has 1 aromatic heterocycles. The fourth-order valence-electron chi connectivity index (χ4n) is 2.29. The third-order valence-corrected chi connectivity index (χ3v) is 3.54. The van der Waals surface area contributed by atoms with Gasteiger partial charge < -0.3 is 4.90 Å². The summed E-state index contributed by atoms with van der Waals surface area (Å²) in [5, 5.41) is 0. The number of amides is 1. The molecule has 1 aliphatic rings. The summed E-state index contributed by atoms with van der Waals surface area (Å²) in [6.07, 6.45) is 3.52. The molecule has 4 nitrogen and oxygen atoms in total. The van der Waals surface area contributed by atoms with E-state index in [1.807, 2.05) is 0 Å². The first-order chi connectivity index (χ1) is 8.63. The predicted octanol–water partition coefficient (Wildman–Crippen LogP) is 1.39. The van der Waals surface area contributed by atoms with Crippen molar-refractivity contribution < 1.29 is 9.18 Å². The molecule has 98 valence electrons. The number of aromatic nitrogens is 1. The third kappa shape index (κ3) is 2.51. The lowest BCUT2D eigenvalue weighted by molar-refractivity contribution is 0.0537. The summed E-state index contributed by atoms with van der Waals surface area (Å²) >= 11 is 0. The van der Waals surface area contributed by atoms with E-state index in [4.69, 9.17) is 0 Å². The summed E-state index contributed by atoms with van der Waals surface area (Å²) in [4.78, 5) is 19.9. The normalized spacial score (nSPS) is 21.1. The molecule has 0 spiro atoms. The summed E-state index contributed by atoms with van der Waals surface area (Å²) in [7, 11) is 2.06. The van der Waals surface area contributed by atoms with E-state index in [9.17, 15) is 9.18 Å². The number of piperazine rings is 1. The number of halogens is 1. The van der Waals surface area contributed by atoms with Crippen molar-refractivity contribution in [2.24, 2.45) is 0 Å². The Labute approximate surface area is 106 Å². The van der Waals surface area contributed by atoms with Gasteiger partial charge in [-0.15, -0.1) is 0 Å². The highest BCUT2D eigenvalue weighted by Crippen LogP contribution is 2.15. The first kappa shape index (κ1) is 13.0.